The molecule has 0 amide bonds. The first-order valence-corrected chi connectivity index (χ1v) is 13.4. The molecular weight excluding hydrogens is 435 g/mol. The maximum atomic E-state index is 13.4. The van der Waals surface area contributed by atoms with Gasteiger partial charge in [0.15, 0.2) is 9.84 Å². The van der Waals surface area contributed by atoms with Crippen molar-refractivity contribution >= 4 is 15.9 Å². The SMILES string of the molecule is CC(c1cccc(S(C)(=O)=O)c1)[C@H]1CCCC2=Cc3c(-c4ccc(F)cc4)ncn3C[C@@]21C. The number of imidazole rings is 1. The van der Waals surface area contributed by atoms with Crippen LogP contribution < -0.4 is 0 Å². The van der Waals surface area contributed by atoms with Crippen molar-refractivity contribution < 1.29 is 12.8 Å². The minimum atomic E-state index is -3.24. The fraction of sp³-hybridized carbons (Fsp3) is 0.370. The number of aromatic nitrogens is 2. The van der Waals surface area contributed by atoms with Gasteiger partial charge in [0, 0.05) is 23.8 Å². The van der Waals surface area contributed by atoms with E-state index in [-0.39, 0.29) is 17.2 Å². The van der Waals surface area contributed by atoms with E-state index >= 15 is 0 Å². The molecule has 5 rings (SSSR count). The Bertz CT molecular complexity index is 1340. The van der Waals surface area contributed by atoms with Crippen molar-refractivity contribution in [3.63, 3.8) is 0 Å². The molecule has 1 aliphatic carbocycles. The smallest absolute Gasteiger partial charge is 0.175 e. The lowest BCUT2D eigenvalue weighted by molar-refractivity contribution is 0.130. The van der Waals surface area contributed by atoms with E-state index in [1.807, 2.05) is 18.5 Å². The average Bonchev–Trinajstić information content (AvgIpc) is 3.18. The van der Waals surface area contributed by atoms with Crippen molar-refractivity contribution in [2.75, 3.05) is 6.26 Å². The van der Waals surface area contributed by atoms with Gasteiger partial charge >= 0.3 is 0 Å². The van der Waals surface area contributed by atoms with Crippen LogP contribution in [0.3, 0.4) is 0 Å². The number of sulfone groups is 1. The van der Waals surface area contributed by atoms with Crippen molar-refractivity contribution in [3.8, 4) is 11.3 Å². The topological polar surface area (TPSA) is 52.0 Å². The first kappa shape index (κ1) is 22.1. The van der Waals surface area contributed by atoms with E-state index in [9.17, 15) is 12.8 Å². The van der Waals surface area contributed by atoms with Crippen molar-refractivity contribution in [1.82, 2.24) is 9.55 Å². The molecule has 1 fully saturated rings. The quantitative estimate of drug-likeness (QED) is 0.469. The Morgan fingerprint density at radius 3 is 2.67 bits per heavy atom. The highest BCUT2D eigenvalue weighted by Crippen LogP contribution is 2.54. The summed E-state index contributed by atoms with van der Waals surface area (Å²) in [6.45, 7) is 5.41. The van der Waals surface area contributed by atoms with Crippen molar-refractivity contribution in [3.05, 3.63) is 77.5 Å². The van der Waals surface area contributed by atoms with E-state index < -0.39 is 9.84 Å². The minimum Gasteiger partial charge on any atom is -0.330 e. The fourth-order valence-electron chi connectivity index (χ4n) is 5.89. The molecule has 1 aliphatic heterocycles. The fourth-order valence-corrected chi connectivity index (χ4v) is 6.57. The Morgan fingerprint density at radius 1 is 1.18 bits per heavy atom. The molecule has 1 unspecified atom stereocenters. The number of fused-ring (bicyclic) bond motifs is 2. The lowest BCUT2D eigenvalue weighted by Crippen LogP contribution is -2.41. The Balaban J connectivity index is 1.51. The van der Waals surface area contributed by atoms with E-state index in [4.69, 9.17) is 0 Å². The molecule has 0 spiro atoms. The first-order chi connectivity index (χ1) is 15.7. The van der Waals surface area contributed by atoms with Crippen LogP contribution in [0.25, 0.3) is 17.3 Å². The molecule has 0 saturated heterocycles. The zero-order valence-electron chi connectivity index (χ0n) is 19.3. The van der Waals surface area contributed by atoms with Crippen LogP contribution in [0, 0.1) is 17.2 Å². The summed E-state index contributed by atoms with van der Waals surface area (Å²) in [6.07, 6.45) is 8.72. The van der Waals surface area contributed by atoms with E-state index in [1.165, 1.54) is 24.0 Å². The Hall–Kier alpha value is -2.73. The van der Waals surface area contributed by atoms with Crippen LogP contribution in [0.2, 0.25) is 0 Å². The molecule has 3 atom stereocenters. The van der Waals surface area contributed by atoms with E-state index in [2.05, 4.69) is 35.5 Å². The maximum absolute atomic E-state index is 13.4. The van der Waals surface area contributed by atoms with Gasteiger partial charge in [0.05, 0.1) is 22.6 Å². The largest absolute Gasteiger partial charge is 0.330 e. The van der Waals surface area contributed by atoms with E-state index in [1.54, 1.807) is 18.2 Å². The van der Waals surface area contributed by atoms with Gasteiger partial charge in [-0.3, -0.25) is 0 Å². The average molecular weight is 465 g/mol. The van der Waals surface area contributed by atoms with Crippen molar-refractivity contribution in [2.45, 2.75) is 50.5 Å². The molecule has 0 N–H and O–H groups in total. The third kappa shape index (κ3) is 3.84. The summed E-state index contributed by atoms with van der Waals surface area (Å²) in [5.41, 5.74) is 5.37. The highest BCUT2D eigenvalue weighted by atomic mass is 32.2. The van der Waals surface area contributed by atoms with Gasteiger partial charge < -0.3 is 4.57 Å². The molecular formula is C27H29FN2O2S. The van der Waals surface area contributed by atoms with Gasteiger partial charge in [0.1, 0.15) is 5.82 Å². The number of hydrogen-bond acceptors (Lipinski definition) is 3. The lowest BCUT2D eigenvalue weighted by atomic mass is 9.58. The Morgan fingerprint density at radius 2 is 1.94 bits per heavy atom. The molecule has 2 aliphatic rings. The van der Waals surface area contributed by atoms with Gasteiger partial charge in [-0.1, -0.05) is 31.6 Å². The Labute approximate surface area is 195 Å². The summed E-state index contributed by atoms with van der Waals surface area (Å²) in [5, 5.41) is 0. The van der Waals surface area contributed by atoms with E-state index in [0.29, 0.717) is 10.8 Å². The standard InChI is InChI=1S/C27H29FN2O2S/c1-18(20-6-4-8-23(14-20)33(3,31)32)24-9-5-7-21-15-25-26(19-10-12-22(28)13-11-19)29-17-30(25)16-27(21,24)2/h4,6,8,10-15,17-18,24H,5,7,9,16H2,1-3H3/t18?,24-,27+/m1/s1. The highest BCUT2D eigenvalue weighted by molar-refractivity contribution is 7.90. The molecule has 2 heterocycles. The first-order valence-electron chi connectivity index (χ1n) is 11.5. The van der Waals surface area contributed by atoms with Crippen molar-refractivity contribution in [1.29, 1.82) is 0 Å². The second-order valence-corrected chi connectivity index (χ2v) is 11.8. The highest BCUT2D eigenvalue weighted by Gasteiger charge is 2.45. The van der Waals surface area contributed by atoms with Crippen LogP contribution in [-0.4, -0.2) is 24.2 Å². The number of benzene rings is 2. The predicted molar refractivity (Wildman–Crippen MR) is 129 cm³/mol. The molecule has 6 heteroatoms. The van der Waals surface area contributed by atoms with Crippen LogP contribution in [0.1, 0.15) is 50.3 Å². The minimum absolute atomic E-state index is 0.0352. The molecule has 3 aromatic rings. The summed E-state index contributed by atoms with van der Waals surface area (Å²) < 4.78 is 39.9. The second kappa shape index (κ2) is 7.94. The number of allylic oxidation sites excluding steroid dienone is 1. The van der Waals surface area contributed by atoms with Crippen molar-refractivity contribution in [2.24, 2.45) is 11.3 Å². The molecule has 1 saturated carbocycles. The summed E-state index contributed by atoms with van der Waals surface area (Å²) in [5.74, 6) is 0.362. The molecule has 2 aromatic carbocycles. The summed E-state index contributed by atoms with van der Waals surface area (Å²) >= 11 is 0. The Kier molecular flexibility index (Phi) is 5.31. The summed E-state index contributed by atoms with van der Waals surface area (Å²) in [6, 6.07) is 14.0. The molecule has 172 valence electrons. The van der Waals surface area contributed by atoms with E-state index in [0.717, 1.165) is 48.3 Å². The van der Waals surface area contributed by atoms with Gasteiger partial charge in [0.2, 0.25) is 0 Å². The number of nitrogens with zero attached hydrogens (tertiary/aromatic N) is 2. The van der Waals surface area contributed by atoms with Crippen LogP contribution >= 0.6 is 0 Å². The molecule has 33 heavy (non-hydrogen) atoms. The summed E-state index contributed by atoms with van der Waals surface area (Å²) in [7, 11) is -3.24. The molecule has 1 aromatic heterocycles. The lowest BCUT2D eigenvalue weighted by Gasteiger charge is -2.49. The zero-order valence-corrected chi connectivity index (χ0v) is 20.1. The van der Waals surface area contributed by atoms with Crippen LogP contribution in [0.4, 0.5) is 4.39 Å². The normalized spacial score (nSPS) is 23.4. The number of halogens is 1. The number of hydrogen-bond donors (Lipinski definition) is 0. The maximum Gasteiger partial charge on any atom is 0.175 e. The molecule has 0 radical (unpaired) electrons. The van der Waals surface area contributed by atoms with Gasteiger partial charge in [-0.05, 0) is 79.1 Å². The van der Waals surface area contributed by atoms with Gasteiger partial charge in [-0.15, -0.1) is 0 Å². The van der Waals surface area contributed by atoms with Crippen LogP contribution in [0.5, 0.6) is 0 Å². The zero-order chi connectivity index (χ0) is 23.4. The second-order valence-electron chi connectivity index (χ2n) is 9.83. The molecule has 4 nitrogen and oxygen atoms in total. The monoisotopic (exact) mass is 464 g/mol. The summed E-state index contributed by atoms with van der Waals surface area (Å²) in [4.78, 5) is 5.07. The van der Waals surface area contributed by atoms with Crippen LogP contribution in [0.15, 0.2) is 65.3 Å². The van der Waals surface area contributed by atoms with Gasteiger partial charge in [-0.2, -0.15) is 0 Å². The van der Waals surface area contributed by atoms with Gasteiger partial charge in [-0.25, -0.2) is 17.8 Å². The molecule has 0 bridgehead atoms. The van der Waals surface area contributed by atoms with Crippen LogP contribution in [-0.2, 0) is 16.4 Å². The third-order valence-corrected chi connectivity index (χ3v) is 8.84. The third-order valence-electron chi connectivity index (χ3n) is 7.73. The van der Waals surface area contributed by atoms with Gasteiger partial charge in [0.25, 0.3) is 0 Å². The predicted octanol–water partition coefficient (Wildman–Crippen LogP) is 6.10. The number of rotatable bonds is 4.